The topological polar surface area (TPSA) is 55.3 Å². The summed E-state index contributed by atoms with van der Waals surface area (Å²) in [5.41, 5.74) is 2.37. The van der Waals surface area contributed by atoms with Crippen molar-refractivity contribution < 1.29 is 5.11 Å². The Morgan fingerprint density at radius 1 is 1.28 bits per heavy atom. The van der Waals surface area contributed by atoms with E-state index in [4.69, 9.17) is 0 Å². The van der Waals surface area contributed by atoms with Crippen molar-refractivity contribution in [3.8, 4) is 0 Å². The van der Waals surface area contributed by atoms with Crippen LogP contribution in [0.15, 0.2) is 41.3 Å². The molecule has 0 aliphatic rings. The fraction of sp³-hybridized carbons (Fsp3) is 0.167. The number of aliphatic hydroxyl groups excluding tert-OH is 1. The van der Waals surface area contributed by atoms with Gasteiger partial charge in [-0.1, -0.05) is 6.07 Å². The maximum Gasteiger partial charge on any atom is 0.125 e. The molecule has 1 unspecified atom stereocenters. The maximum atomic E-state index is 10.5. The van der Waals surface area contributed by atoms with Crippen molar-refractivity contribution in [2.45, 2.75) is 6.10 Å². The van der Waals surface area contributed by atoms with Crippen molar-refractivity contribution in [2.75, 3.05) is 0 Å². The van der Waals surface area contributed by atoms with E-state index in [0.29, 0.717) is 5.69 Å². The number of fused-ring (bicyclic) bond motifs is 1. The molecule has 3 aromatic heterocycles. The van der Waals surface area contributed by atoms with E-state index in [1.54, 1.807) is 28.6 Å². The Bertz CT molecular complexity index is 683. The molecule has 0 fully saturated rings. The van der Waals surface area contributed by atoms with E-state index < -0.39 is 6.10 Å². The van der Waals surface area contributed by atoms with E-state index in [9.17, 15) is 5.11 Å². The molecule has 0 aliphatic heterocycles. The van der Waals surface area contributed by atoms with Gasteiger partial charge >= 0.3 is 0 Å². The van der Waals surface area contributed by atoms with Gasteiger partial charge in [0.25, 0.3) is 0 Å². The normalized spacial score (nSPS) is 13.1. The van der Waals surface area contributed by atoms with Crippen molar-refractivity contribution in [1.29, 1.82) is 0 Å². The average Bonchev–Trinajstić information content (AvgIpc) is 2.93. The van der Waals surface area contributed by atoms with Crippen LogP contribution in [0.25, 0.3) is 5.52 Å². The Morgan fingerprint density at radius 3 is 2.83 bits per heavy atom. The van der Waals surface area contributed by atoms with Gasteiger partial charge in [-0.15, -0.1) is 0 Å². The Balaban J connectivity index is 2.15. The minimum atomic E-state index is -0.758. The Kier molecular flexibility index (Phi) is 2.68. The highest BCUT2D eigenvalue weighted by Crippen LogP contribution is 2.29. The fourth-order valence-electron chi connectivity index (χ4n) is 2.04. The number of aryl methyl sites for hydroxylation is 1. The second-order valence-electron chi connectivity index (χ2n) is 4.03. The molecule has 5 nitrogen and oxygen atoms in total. The smallest absolute Gasteiger partial charge is 0.125 e. The highest BCUT2D eigenvalue weighted by atomic mass is 79.9. The van der Waals surface area contributed by atoms with Crippen molar-refractivity contribution in [3.63, 3.8) is 0 Å². The molecule has 0 saturated carbocycles. The molecular formula is C12H11BrN4O. The van der Waals surface area contributed by atoms with Crippen molar-refractivity contribution >= 4 is 21.4 Å². The number of hydrogen-bond donors (Lipinski definition) is 1. The van der Waals surface area contributed by atoms with Crippen molar-refractivity contribution in [3.05, 3.63) is 52.5 Å². The van der Waals surface area contributed by atoms with Crippen LogP contribution < -0.4 is 0 Å². The van der Waals surface area contributed by atoms with Gasteiger partial charge in [-0.25, -0.2) is 4.52 Å². The van der Waals surface area contributed by atoms with E-state index in [1.165, 1.54) is 0 Å². The predicted octanol–water partition coefficient (Wildman–Crippen LogP) is 1.91. The van der Waals surface area contributed by atoms with Gasteiger partial charge < -0.3 is 5.11 Å². The Hall–Kier alpha value is -1.66. The van der Waals surface area contributed by atoms with E-state index >= 15 is 0 Å². The van der Waals surface area contributed by atoms with Crippen LogP contribution in [-0.4, -0.2) is 24.5 Å². The fourth-order valence-corrected chi connectivity index (χ4v) is 2.61. The molecule has 0 saturated heterocycles. The third kappa shape index (κ3) is 1.65. The van der Waals surface area contributed by atoms with E-state index in [0.717, 1.165) is 15.6 Å². The summed E-state index contributed by atoms with van der Waals surface area (Å²) in [5, 5.41) is 18.8. The molecule has 6 heteroatoms. The lowest BCUT2D eigenvalue weighted by Gasteiger charge is -2.10. The maximum absolute atomic E-state index is 10.5. The minimum Gasteiger partial charge on any atom is -0.382 e. The molecule has 0 spiro atoms. The van der Waals surface area contributed by atoms with Crippen molar-refractivity contribution in [2.24, 2.45) is 7.05 Å². The zero-order valence-corrected chi connectivity index (χ0v) is 11.2. The van der Waals surface area contributed by atoms with Gasteiger partial charge in [-0.3, -0.25) is 4.68 Å². The Labute approximate surface area is 112 Å². The van der Waals surface area contributed by atoms with Crippen molar-refractivity contribution in [1.82, 2.24) is 19.4 Å². The van der Waals surface area contributed by atoms with Gasteiger partial charge in [-0.05, 0) is 28.1 Å². The largest absolute Gasteiger partial charge is 0.382 e. The third-order valence-corrected chi connectivity index (χ3v) is 3.56. The van der Waals surface area contributed by atoms with Crippen LogP contribution in [-0.2, 0) is 7.05 Å². The summed E-state index contributed by atoms with van der Waals surface area (Å²) in [5.74, 6) is 0. The van der Waals surface area contributed by atoms with E-state index in [1.807, 2.05) is 24.4 Å². The van der Waals surface area contributed by atoms with Crippen LogP contribution in [0.1, 0.15) is 17.4 Å². The number of rotatable bonds is 2. The number of halogens is 1. The van der Waals surface area contributed by atoms with Crippen LogP contribution >= 0.6 is 15.9 Å². The molecule has 0 amide bonds. The molecule has 1 atom stereocenters. The van der Waals surface area contributed by atoms with Crippen LogP contribution in [0.3, 0.4) is 0 Å². The zero-order chi connectivity index (χ0) is 12.7. The molecule has 3 aromatic rings. The van der Waals surface area contributed by atoms with Gasteiger partial charge in [0.2, 0.25) is 0 Å². The summed E-state index contributed by atoms with van der Waals surface area (Å²) in [6, 6.07) is 5.75. The first-order valence-corrected chi connectivity index (χ1v) is 6.25. The first-order chi connectivity index (χ1) is 8.68. The molecule has 3 rings (SSSR count). The lowest BCUT2D eigenvalue weighted by molar-refractivity contribution is 0.210. The van der Waals surface area contributed by atoms with Gasteiger partial charge in [0.05, 0.1) is 28.1 Å². The van der Waals surface area contributed by atoms with Crippen LogP contribution in [0.4, 0.5) is 0 Å². The van der Waals surface area contributed by atoms with Crippen LogP contribution in [0.2, 0.25) is 0 Å². The highest BCUT2D eigenvalue weighted by molar-refractivity contribution is 9.10. The molecule has 0 aliphatic carbocycles. The number of hydrogen-bond acceptors (Lipinski definition) is 3. The second-order valence-corrected chi connectivity index (χ2v) is 4.89. The molecule has 92 valence electrons. The van der Waals surface area contributed by atoms with Gasteiger partial charge in [-0.2, -0.15) is 10.2 Å². The highest BCUT2D eigenvalue weighted by Gasteiger charge is 2.21. The summed E-state index contributed by atoms with van der Waals surface area (Å²) in [4.78, 5) is 0. The number of aliphatic hydroxyl groups is 1. The molecule has 0 bridgehead atoms. The molecule has 18 heavy (non-hydrogen) atoms. The molecule has 0 radical (unpaired) electrons. The summed E-state index contributed by atoms with van der Waals surface area (Å²) < 4.78 is 4.18. The molecule has 1 N–H and O–H groups in total. The standard InChI is InChI=1S/C12H11BrN4O/c1-16-11(9(13)7-14-16)12(18)8-6-15-17-5-3-2-4-10(8)17/h2-7,12,18H,1H3. The van der Waals surface area contributed by atoms with Crippen LogP contribution in [0, 0.1) is 0 Å². The average molecular weight is 307 g/mol. The SMILES string of the molecule is Cn1ncc(Br)c1C(O)c1cnn2ccccc12. The number of pyridine rings is 1. The molecule has 0 aromatic carbocycles. The lowest BCUT2D eigenvalue weighted by atomic mass is 10.1. The summed E-state index contributed by atoms with van der Waals surface area (Å²) in [6.07, 6.45) is 4.44. The monoisotopic (exact) mass is 306 g/mol. The minimum absolute atomic E-state index is 0.716. The number of aromatic nitrogens is 4. The number of nitrogens with zero attached hydrogens (tertiary/aromatic N) is 4. The first kappa shape index (κ1) is 11.4. The third-order valence-electron chi connectivity index (χ3n) is 2.95. The molecule has 3 heterocycles. The Morgan fingerprint density at radius 2 is 2.11 bits per heavy atom. The van der Waals surface area contributed by atoms with E-state index in [-0.39, 0.29) is 0 Å². The second kappa shape index (κ2) is 4.22. The van der Waals surface area contributed by atoms with E-state index in [2.05, 4.69) is 26.1 Å². The van der Waals surface area contributed by atoms with Crippen LogP contribution in [0.5, 0.6) is 0 Å². The van der Waals surface area contributed by atoms with Gasteiger partial charge in [0.1, 0.15) is 6.10 Å². The summed E-state index contributed by atoms with van der Waals surface area (Å²) in [7, 11) is 1.80. The lowest BCUT2D eigenvalue weighted by Crippen LogP contribution is -2.07. The first-order valence-electron chi connectivity index (χ1n) is 5.46. The molecular weight excluding hydrogens is 296 g/mol. The van der Waals surface area contributed by atoms with Gasteiger partial charge in [0.15, 0.2) is 0 Å². The predicted molar refractivity (Wildman–Crippen MR) is 70.2 cm³/mol. The zero-order valence-electron chi connectivity index (χ0n) is 9.66. The van der Waals surface area contributed by atoms with Gasteiger partial charge in [0, 0.05) is 18.8 Å². The summed E-state index contributed by atoms with van der Waals surface area (Å²) in [6.45, 7) is 0. The summed E-state index contributed by atoms with van der Waals surface area (Å²) >= 11 is 3.40. The quantitative estimate of drug-likeness (QED) is 0.787.